The molecule has 6 aromatic carbocycles. The molecule has 0 aliphatic carbocycles. The Morgan fingerprint density at radius 2 is 0.465 bits per heavy atom. The maximum atomic E-state index is 12.5. The molecule has 0 amide bonds. The summed E-state index contributed by atoms with van der Waals surface area (Å²) in [5, 5.41) is 20.2. The zero-order valence-corrected chi connectivity index (χ0v) is 45.9. The van der Waals surface area contributed by atoms with Gasteiger partial charge in [0.1, 0.15) is 0 Å². The zero-order valence-electron chi connectivity index (χ0n) is 42.6. The molecule has 0 aliphatic heterocycles. The molecule has 0 unspecified atom stereocenters. The molecule has 388 valence electrons. The number of ether oxygens (including phenoxy) is 1. The minimum Gasteiger partial charge on any atom is -0.388 e. The second kappa shape index (κ2) is 30.5. The quantitative estimate of drug-likeness (QED) is 0.0917. The van der Waals surface area contributed by atoms with Gasteiger partial charge in [-0.2, -0.15) is 0 Å². The predicted molar refractivity (Wildman–Crippen MR) is 280 cm³/mol. The molecule has 0 radical (unpaired) electrons. The Morgan fingerprint density at radius 1 is 0.338 bits per heavy atom. The van der Waals surface area contributed by atoms with Crippen LogP contribution in [0.3, 0.4) is 0 Å². The zero-order chi connectivity index (χ0) is 54.9. The molecular formula is C50H66N4O13S4. The second-order valence-electron chi connectivity index (χ2n) is 14.6. The van der Waals surface area contributed by atoms with E-state index in [2.05, 4.69) is 4.74 Å². The lowest BCUT2D eigenvalue weighted by Crippen LogP contribution is -2.33. The summed E-state index contributed by atoms with van der Waals surface area (Å²) in [7, 11) is -11.2. The second-order valence-corrected chi connectivity index (χ2v) is 23.0. The van der Waals surface area contributed by atoms with E-state index in [0.29, 0.717) is 7.42 Å². The van der Waals surface area contributed by atoms with E-state index in [1.165, 1.54) is 72.8 Å². The monoisotopic (exact) mass is 1060 g/mol. The maximum absolute atomic E-state index is 12.5. The van der Waals surface area contributed by atoms with E-state index in [0.717, 1.165) is 47.5 Å². The number of sulfonamides is 4. The van der Waals surface area contributed by atoms with E-state index < -0.39 is 49.9 Å². The van der Waals surface area contributed by atoms with Crippen molar-refractivity contribution >= 4 is 51.5 Å². The van der Waals surface area contributed by atoms with Gasteiger partial charge in [-0.05, 0) is 90.1 Å². The van der Waals surface area contributed by atoms with Gasteiger partial charge in [0.2, 0.25) is 0 Å². The average Bonchev–Trinajstić information content (AvgIpc) is 3.34. The van der Waals surface area contributed by atoms with Crippen LogP contribution in [0.15, 0.2) is 165 Å². The lowest BCUT2D eigenvalue weighted by atomic mass is 10.2. The van der Waals surface area contributed by atoms with E-state index in [4.69, 9.17) is 0 Å². The third kappa shape index (κ3) is 20.2. The van der Waals surface area contributed by atoms with Crippen molar-refractivity contribution in [1.82, 2.24) is 7.42 Å². The van der Waals surface area contributed by atoms with Crippen LogP contribution in [-0.2, 0) is 44.8 Å². The molecule has 0 spiro atoms. The van der Waals surface area contributed by atoms with Crippen LogP contribution in [0, 0.1) is 61.8 Å². The minimum atomic E-state index is -4.13. The molecule has 0 heterocycles. The van der Waals surface area contributed by atoms with E-state index in [9.17, 15) is 53.9 Å². The first-order valence-corrected chi connectivity index (χ1v) is 27.5. The highest BCUT2D eigenvalue weighted by atomic mass is 32.3. The SMILES string of the molecule is CC.CC.COC.Cc1ccc(S(=O)(=O)N(C)S(=O)(=O)c2ccc(C)cc2)cc1.Cc1ccc(S(=O)(=O)N(C)S(=O)(=O)c2ccc(C)cc2)cc1.Cc1ccc([N+](=O)[O-])cc1.Cc1ccc([N+](=O)[O-])cc1. The van der Waals surface area contributed by atoms with Crippen molar-refractivity contribution in [3.8, 4) is 0 Å². The highest BCUT2D eigenvalue weighted by molar-refractivity contribution is 8.04. The van der Waals surface area contributed by atoms with Crippen molar-refractivity contribution < 1.29 is 48.3 Å². The van der Waals surface area contributed by atoms with Crippen LogP contribution in [-0.4, -0.2) is 79.3 Å². The fourth-order valence-corrected chi connectivity index (χ4v) is 11.2. The third-order valence-electron chi connectivity index (χ3n) is 9.12. The number of hydrogen-bond donors (Lipinski definition) is 0. The fourth-order valence-electron chi connectivity index (χ4n) is 5.03. The van der Waals surface area contributed by atoms with Gasteiger partial charge >= 0.3 is 0 Å². The minimum absolute atomic E-state index is 0.0590. The standard InChI is InChI=1S/2C15H17NO4S2.2C7H7NO2.C2H6O.2C2H6/c2*1-12-4-8-14(9-5-12)21(17,18)16(3)22(19,20)15-10-6-13(2)7-11-15;2*1-6-2-4-7(5-3-6)8(9)10;1-3-2;2*1-2/h2*4-11H,1-3H3;2*2-5H,1H3;1-2H3;2*1-2H3. The van der Waals surface area contributed by atoms with Gasteiger partial charge in [-0.3, -0.25) is 20.2 Å². The summed E-state index contributed by atoms with van der Waals surface area (Å²) in [5.74, 6) is 0. The van der Waals surface area contributed by atoms with Crippen LogP contribution >= 0.6 is 0 Å². The molecule has 17 nitrogen and oxygen atoms in total. The molecule has 71 heavy (non-hydrogen) atoms. The van der Waals surface area contributed by atoms with Crippen molar-refractivity contribution in [2.24, 2.45) is 0 Å². The van der Waals surface area contributed by atoms with Crippen LogP contribution < -0.4 is 0 Å². The van der Waals surface area contributed by atoms with Gasteiger partial charge in [0.05, 0.1) is 29.4 Å². The van der Waals surface area contributed by atoms with Crippen molar-refractivity contribution in [2.75, 3.05) is 28.3 Å². The van der Waals surface area contributed by atoms with Crippen LogP contribution in [0.4, 0.5) is 11.4 Å². The van der Waals surface area contributed by atoms with Gasteiger partial charge in [-0.25, -0.2) is 33.7 Å². The molecule has 6 rings (SSSR count). The highest BCUT2D eigenvalue weighted by Gasteiger charge is 2.34. The summed E-state index contributed by atoms with van der Waals surface area (Å²) in [6, 6.07) is 37.0. The highest BCUT2D eigenvalue weighted by Crippen LogP contribution is 2.25. The lowest BCUT2D eigenvalue weighted by Gasteiger charge is -2.17. The molecule has 0 aliphatic rings. The Hall–Kier alpha value is -6.20. The van der Waals surface area contributed by atoms with Gasteiger partial charge in [0, 0.05) is 52.6 Å². The summed E-state index contributed by atoms with van der Waals surface area (Å²) in [6.07, 6.45) is 0. The average molecular weight is 1060 g/mol. The summed E-state index contributed by atoms with van der Waals surface area (Å²) in [6.45, 7) is 19.1. The Labute approximate surface area is 421 Å². The first kappa shape index (κ1) is 64.8. The number of rotatable bonds is 10. The number of methoxy groups -OCH3 is 1. The molecule has 0 saturated heterocycles. The van der Waals surface area contributed by atoms with Crippen LogP contribution in [0.5, 0.6) is 0 Å². The Bertz CT molecular complexity index is 2650. The Balaban J connectivity index is 0.000000928. The van der Waals surface area contributed by atoms with Crippen molar-refractivity contribution in [2.45, 2.75) is 88.8 Å². The molecule has 6 aromatic rings. The molecule has 0 N–H and O–H groups in total. The van der Waals surface area contributed by atoms with Crippen LogP contribution in [0.2, 0.25) is 0 Å². The number of nitro groups is 2. The van der Waals surface area contributed by atoms with Crippen molar-refractivity contribution in [3.63, 3.8) is 0 Å². The number of benzene rings is 6. The summed E-state index contributed by atoms with van der Waals surface area (Å²) in [5.41, 5.74) is 5.92. The Kier molecular flexibility index (Phi) is 27.9. The molecule has 0 fully saturated rings. The van der Waals surface area contributed by atoms with E-state index in [1.54, 1.807) is 87.0 Å². The normalized spacial score (nSPS) is 10.8. The van der Waals surface area contributed by atoms with Gasteiger partial charge < -0.3 is 4.74 Å². The summed E-state index contributed by atoms with van der Waals surface area (Å²) >= 11 is 0. The van der Waals surface area contributed by atoms with E-state index >= 15 is 0 Å². The first-order chi connectivity index (χ1) is 33.1. The summed E-state index contributed by atoms with van der Waals surface area (Å²) < 4.78 is 105. The Morgan fingerprint density at radius 3 is 0.592 bits per heavy atom. The summed E-state index contributed by atoms with van der Waals surface area (Å²) in [4.78, 5) is 19.2. The van der Waals surface area contributed by atoms with Gasteiger partial charge in [0.25, 0.3) is 51.5 Å². The predicted octanol–water partition coefficient (Wildman–Crippen LogP) is 10.7. The van der Waals surface area contributed by atoms with Gasteiger partial charge in [-0.15, -0.1) is 0 Å². The lowest BCUT2D eigenvalue weighted by molar-refractivity contribution is -0.385. The van der Waals surface area contributed by atoms with Crippen molar-refractivity contribution in [3.05, 3.63) is 199 Å². The molecule has 0 bridgehead atoms. The number of hydrogen-bond acceptors (Lipinski definition) is 13. The number of nitro benzene ring substituents is 2. The molecule has 0 aromatic heterocycles. The fraction of sp³-hybridized carbons (Fsp3) is 0.280. The molecular weight excluding hydrogens is 993 g/mol. The number of aryl methyl sites for hydroxylation is 6. The smallest absolute Gasteiger partial charge is 0.269 e. The van der Waals surface area contributed by atoms with Crippen molar-refractivity contribution in [1.29, 1.82) is 0 Å². The molecule has 21 heteroatoms. The maximum Gasteiger partial charge on any atom is 0.269 e. The van der Waals surface area contributed by atoms with Gasteiger partial charge in [-0.1, -0.05) is 141 Å². The van der Waals surface area contributed by atoms with E-state index in [-0.39, 0.29) is 31.0 Å². The van der Waals surface area contributed by atoms with Crippen LogP contribution in [0.1, 0.15) is 61.1 Å². The first-order valence-electron chi connectivity index (χ1n) is 21.7. The molecule has 0 saturated carbocycles. The van der Waals surface area contributed by atoms with Gasteiger partial charge in [0.15, 0.2) is 0 Å². The molecule has 0 atom stereocenters. The van der Waals surface area contributed by atoms with Crippen LogP contribution in [0.25, 0.3) is 0 Å². The number of non-ortho nitro benzene ring substituents is 2. The topological polar surface area (TPSA) is 239 Å². The largest absolute Gasteiger partial charge is 0.388 e. The van der Waals surface area contributed by atoms with E-state index in [1.807, 2.05) is 69.2 Å². The number of nitrogens with zero attached hydrogens (tertiary/aromatic N) is 4. The third-order valence-corrected chi connectivity index (χ3v) is 17.7.